The van der Waals surface area contributed by atoms with Gasteiger partial charge < -0.3 is 4.74 Å². The zero-order chi connectivity index (χ0) is 17.7. The maximum Gasteiger partial charge on any atom is 0.158 e. The second-order valence-corrected chi connectivity index (χ2v) is 7.69. The lowest BCUT2D eigenvalue weighted by molar-refractivity contribution is -0.118. The maximum atomic E-state index is 12.7. The minimum Gasteiger partial charge on any atom is -0.497 e. The minimum absolute atomic E-state index is 0.0173. The molecule has 0 spiro atoms. The Labute approximate surface area is 146 Å². The summed E-state index contributed by atoms with van der Waals surface area (Å²) in [6.07, 6.45) is 9.21. The van der Waals surface area contributed by atoms with Crippen LogP contribution in [-0.2, 0) is 4.79 Å². The first-order valence-electron chi connectivity index (χ1n) is 8.85. The van der Waals surface area contributed by atoms with Gasteiger partial charge in [0, 0.05) is 5.92 Å². The molecule has 1 aromatic rings. The molecule has 1 aromatic carbocycles. The van der Waals surface area contributed by atoms with Crippen LogP contribution in [0.25, 0.3) is 0 Å². The molecule has 1 aliphatic carbocycles. The summed E-state index contributed by atoms with van der Waals surface area (Å²) in [7, 11) is 1.68. The number of allylic oxidation sites excluding steroid dienone is 4. The van der Waals surface area contributed by atoms with Crippen LogP contribution in [-0.4, -0.2) is 12.9 Å². The van der Waals surface area contributed by atoms with E-state index in [4.69, 9.17) is 4.74 Å². The summed E-state index contributed by atoms with van der Waals surface area (Å²) in [4.78, 5) is 12.7. The molecule has 2 atom stereocenters. The molecule has 0 bridgehead atoms. The summed E-state index contributed by atoms with van der Waals surface area (Å²) < 4.78 is 5.25. The van der Waals surface area contributed by atoms with E-state index in [0.29, 0.717) is 0 Å². The van der Waals surface area contributed by atoms with E-state index in [1.165, 1.54) is 11.1 Å². The molecule has 0 radical (unpaired) electrons. The zero-order valence-corrected chi connectivity index (χ0v) is 15.6. The third-order valence-corrected chi connectivity index (χ3v) is 5.12. The van der Waals surface area contributed by atoms with Crippen LogP contribution in [0, 0.1) is 11.3 Å². The lowest BCUT2D eigenvalue weighted by atomic mass is 9.80. The molecule has 0 heterocycles. The van der Waals surface area contributed by atoms with Gasteiger partial charge in [-0.1, -0.05) is 50.6 Å². The van der Waals surface area contributed by atoms with Gasteiger partial charge in [-0.05, 0) is 61.3 Å². The molecule has 0 amide bonds. The predicted octanol–water partition coefficient (Wildman–Crippen LogP) is 5.70. The van der Waals surface area contributed by atoms with Gasteiger partial charge in [0.25, 0.3) is 0 Å². The fourth-order valence-electron chi connectivity index (χ4n) is 3.20. The normalized spacial score (nSPS) is 28.4. The van der Waals surface area contributed by atoms with Crippen molar-refractivity contribution in [3.63, 3.8) is 0 Å². The molecular formula is C22H30O2. The Kier molecular flexibility index (Phi) is 6.04. The standard InChI is InChI=1S/C22H30O2/c1-16-6-11-20(18-7-9-19(24-5)10-8-18)17(2)21(23)13-15-22(3,4)14-12-16/h7-10,12-13,15,17,20H,6,11,14H2,1-5H3/b15-13+,16-12+/t17-,20?/m1/s1. The molecule has 1 unspecified atom stereocenters. The Morgan fingerprint density at radius 3 is 2.46 bits per heavy atom. The van der Waals surface area contributed by atoms with Crippen molar-refractivity contribution in [1.29, 1.82) is 0 Å². The third-order valence-electron chi connectivity index (χ3n) is 5.12. The number of ketones is 1. The lowest BCUT2D eigenvalue weighted by Gasteiger charge is -2.23. The summed E-state index contributed by atoms with van der Waals surface area (Å²) >= 11 is 0. The molecule has 2 rings (SSSR count). The van der Waals surface area contributed by atoms with E-state index in [1.54, 1.807) is 13.2 Å². The quantitative estimate of drug-likeness (QED) is 0.652. The van der Waals surface area contributed by atoms with Crippen LogP contribution in [0.4, 0.5) is 0 Å². The lowest BCUT2D eigenvalue weighted by Crippen LogP contribution is -2.19. The number of rotatable bonds is 2. The topological polar surface area (TPSA) is 26.3 Å². The largest absolute Gasteiger partial charge is 0.497 e. The Balaban J connectivity index is 2.33. The van der Waals surface area contributed by atoms with Crippen molar-refractivity contribution in [3.8, 4) is 5.75 Å². The van der Waals surface area contributed by atoms with Crippen molar-refractivity contribution in [2.24, 2.45) is 11.3 Å². The van der Waals surface area contributed by atoms with Crippen molar-refractivity contribution in [3.05, 3.63) is 53.6 Å². The Morgan fingerprint density at radius 1 is 1.17 bits per heavy atom. The fourth-order valence-corrected chi connectivity index (χ4v) is 3.20. The van der Waals surface area contributed by atoms with Gasteiger partial charge in [-0.15, -0.1) is 0 Å². The van der Waals surface area contributed by atoms with Crippen LogP contribution >= 0.6 is 0 Å². The molecule has 0 fully saturated rings. The monoisotopic (exact) mass is 326 g/mol. The van der Waals surface area contributed by atoms with Crippen molar-refractivity contribution >= 4 is 5.78 Å². The summed E-state index contributed by atoms with van der Waals surface area (Å²) in [6, 6.07) is 8.16. The Morgan fingerprint density at radius 2 is 1.83 bits per heavy atom. The first-order valence-corrected chi connectivity index (χ1v) is 8.85. The molecule has 2 nitrogen and oxygen atoms in total. The van der Waals surface area contributed by atoms with Crippen LogP contribution in [0.2, 0.25) is 0 Å². The highest BCUT2D eigenvalue weighted by Gasteiger charge is 2.25. The summed E-state index contributed by atoms with van der Waals surface area (Å²) in [6.45, 7) is 8.63. The first-order chi connectivity index (χ1) is 11.3. The van der Waals surface area contributed by atoms with E-state index in [-0.39, 0.29) is 23.0 Å². The minimum atomic E-state index is -0.0173. The first kappa shape index (κ1) is 18.5. The molecule has 130 valence electrons. The van der Waals surface area contributed by atoms with Crippen LogP contribution in [0.1, 0.15) is 58.4 Å². The average Bonchev–Trinajstić information content (AvgIpc) is 2.59. The number of hydrogen-bond donors (Lipinski definition) is 0. The van der Waals surface area contributed by atoms with Crippen molar-refractivity contribution in [2.45, 2.75) is 52.9 Å². The highest BCUT2D eigenvalue weighted by molar-refractivity contribution is 5.92. The molecule has 0 aromatic heterocycles. The molecule has 1 aliphatic rings. The Bertz CT molecular complexity index is 620. The number of ether oxygens (including phenoxy) is 1. The van der Waals surface area contributed by atoms with E-state index < -0.39 is 0 Å². The van der Waals surface area contributed by atoms with Gasteiger partial charge >= 0.3 is 0 Å². The van der Waals surface area contributed by atoms with E-state index in [9.17, 15) is 4.79 Å². The van der Waals surface area contributed by atoms with Crippen LogP contribution in [0.5, 0.6) is 5.75 Å². The smallest absolute Gasteiger partial charge is 0.158 e. The van der Waals surface area contributed by atoms with Gasteiger partial charge in [-0.25, -0.2) is 0 Å². The van der Waals surface area contributed by atoms with Gasteiger partial charge in [-0.3, -0.25) is 4.79 Å². The van der Waals surface area contributed by atoms with E-state index >= 15 is 0 Å². The molecule has 0 N–H and O–H groups in total. The molecular weight excluding hydrogens is 296 g/mol. The van der Waals surface area contributed by atoms with E-state index in [1.807, 2.05) is 12.1 Å². The molecule has 0 aliphatic heterocycles. The second kappa shape index (κ2) is 7.83. The van der Waals surface area contributed by atoms with Crippen molar-refractivity contribution in [1.82, 2.24) is 0 Å². The van der Waals surface area contributed by atoms with E-state index in [2.05, 4.69) is 52.0 Å². The van der Waals surface area contributed by atoms with Gasteiger partial charge in [0.2, 0.25) is 0 Å². The fraction of sp³-hybridized carbons (Fsp3) is 0.500. The third kappa shape index (κ3) is 4.83. The Hall–Kier alpha value is -1.83. The van der Waals surface area contributed by atoms with Crippen molar-refractivity contribution in [2.75, 3.05) is 7.11 Å². The van der Waals surface area contributed by atoms with Crippen molar-refractivity contribution < 1.29 is 9.53 Å². The van der Waals surface area contributed by atoms with Gasteiger partial charge in [-0.2, -0.15) is 0 Å². The number of methoxy groups -OCH3 is 1. The number of hydrogen-bond acceptors (Lipinski definition) is 2. The highest BCUT2D eigenvalue weighted by atomic mass is 16.5. The number of benzene rings is 1. The van der Waals surface area contributed by atoms with Crippen LogP contribution < -0.4 is 4.74 Å². The van der Waals surface area contributed by atoms with E-state index in [0.717, 1.165) is 25.0 Å². The zero-order valence-electron chi connectivity index (χ0n) is 15.6. The molecule has 24 heavy (non-hydrogen) atoms. The van der Waals surface area contributed by atoms with Crippen LogP contribution in [0.15, 0.2) is 48.1 Å². The van der Waals surface area contributed by atoms with Gasteiger partial charge in [0.15, 0.2) is 5.78 Å². The molecule has 0 saturated heterocycles. The van der Waals surface area contributed by atoms with Gasteiger partial charge in [0.05, 0.1) is 7.11 Å². The molecule has 2 heteroatoms. The second-order valence-electron chi connectivity index (χ2n) is 7.69. The summed E-state index contributed by atoms with van der Waals surface area (Å²) in [5.74, 6) is 1.30. The molecule has 0 saturated carbocycles. The highest BCUT2D eigenvalue weighted by Crippen LogP contribution is 2.34. The number of carbonyl (C=O) groups is 1. The SMILES string of the molecule is COc1ccc(C2CC/C(C)=C/CC(C)(C)/C=C/C(=O)[C@@H]2C)cc1. The summed E-state index contributed by atoms with van der Waals surface area (Å²) in [5, 5.41) is 0. The average molecular weight is 326 g/mol. The maximum absolute atomic E-state index is 12.7. The number of carbonyl (C=O) groups excluding carboxylic acids is 1. The van der Waals surface area contributed by atoms with Gasteiger partial charge in [0.1, 0.15) is 5.75 Å². The summed E-state index contributed by atoms with van der Waals surface area (Å²) in [5.41, 5.74) is 2.66. The predicted molar refractivity (Wildman–Crippen MR) is 100 cm³/mol. The van der Waals surface area contributed by atoms with Crippen LogP contribution in [0.3, 0.4) is 0 Å².